The van der Waals surface area contributed by atoms with Gasteiger partial charge in [-0.2, -0.15) is 0 Å². The van der Waals surface area contributed by atoms with Gasteiger partial charge in [-0.3, -0.25) is 9.59 Å². The zero-order valence-corrected chi connectivity index (χ0v) is 20.3. The highest BCUT2D eigenvalue weighted by Gasteiger charge is 2.14. The Hall–Kier alpha value is -3.71. The third-order valence-electron chi connectivity index (χ3n) is 6.28. The van der Waals surface area contributed by atoms with E-state index in [1.54, 1.807) is 13.2 Å². The molecule has 182 valence electrons. The third-order valence-corrected chi connectivity index (χ3v) is 6.28. The number of nitrogens with zero attached hydrogens (tertiary/aromatic N) is 1. The summed E-state index contributed by atoms with van der Waals surface area (Å²) >= 11 is 0. The Morgan fingerprint density at radius 1 is 1.06 bits per heavy atom. The standard InChI is InChI=1S/C28H32N4O3/c1-3-4-5-23(29)25-13-11-21-22-16-19(8-12-24(22)31-28(21)32-25)26(33)14-15-27(34)30-17-18-6-9-20(35-2)10-7-18/h6-13,16,23H,3-5,14-15,17,29H2,1-2H3,(H,30,34)(H,31,32). The van der Waals surface area contributed by atoms with Crippen molar-refractivity contribution in [2.75, 3.05) is 7.11 Å². The molecule has 2 heterocycles. The molecule has 7 heteroatoms. The van der Waals surface area contributed by atoms with E-state index in [2.05, 4.69) is 17.2 Å². The normalized spacial score (nSPS) is 12.1. The van der Waals surface area contributed by atoms with Gasteiger partial charge in [0, 0.05) is 47.3 Å². The van der Waals surface area contributed by atoms with Gasteiger partial charge in [0.15, 0.2) is 5.78 Å². The van der Waals surface area contributed by atoms with Gasteiger partial charge in [-0.15, -0.1) is 0 Å². The van der Waals surface area contributed by atoms with E-state index in [1.807, 2.05) is 48.5 Å². The molecule has 4 aromatic rings. The summed E-state index contributed by atoms with van der Waals surface area (Å²) in [6, 6.07) is 17.0. The molecule has 0 aliphatic rings. The summed E-state index contributed by atoms with van der Waals surface area (Å²) in [4.78, 5) is 33.1. The van der Waals surface area contributed by atoms with Crippen molar-refractivity contribution >= 4 is 33.6 Å². The molecular formula is C28H32N4O3. The molecule has 0 aliphatic heterocycles. The van der Waals surface area contributed by atoms with Crippen LogP contribution in [0.4, 0.5) is 0 Å². The number of ketones is 1. The maximum absolute atomic E-state index is 12.8. The number of carbonyl (C=O) groups is 2. The average Bonchev–Trinajstić information content (AvgIpc) is 3.26. The largest absolute Gasteiger partial charge is 0.497 e. The van der Waals surface area contributed by atoms with Crippen LogP contribution in [0.15, 0.2) is 54.6 Å². The van der Waals surface area contributed by atoms with Crippen molar-refractivity contribution < 1.29 is 14.3 Å². The molecule has 1 atom stereocenters. The van der Waals surface area contributed by atoms with Crippen molar-refractivity contribution in [1.29, 1.82) is 0 Å². The molecule has 4 N–H and O–H groups in total. The number of pyridine rings is 1. The number of H-pyrrole nitrogens is 1. The number of aromatic nitrogens is 2. The van der Waals surface area contributed by atoms with Crippen molar-refractivity contribution in [2.45, 2.75) is 51.6 Å². The fourth-order valence-electron chi connectivity index (χ4n) is 4.15. The third kappa shape index (κ3) is 5.87. The smallest absolute Gasteiger partial charge is 0.220 e. The summed E-state index contributed by atoms with van der Waals surface area (Å²) in [5, 5.41) is 4.76. The van der Waals surface area contributed by atoms with E-state index in [4.69, 9.17) is 15.5 Å². The van der Waals surface area contributed by atoms with E-state index in [-0.39, 0.29) is 30.6 Å². The maximum Gasteiger partial charge on any atom is 0.220 e. The summed E-state index contributed by atoms with van der Waals surface area (Å²) in [6.07, 6.45) is 3.36. The lowest BCUT2D eigenvalue weighted by molar-refractivity contribution is -0.121. The van der Waals surface area contributed by atoms with E-state index in [0.717, 1.165) is 58.2 Å². The lowest BCUT2D eigenvalue weighted by Gasteiger charge is -2.10. The van der Waals surface area contributed by atoms with Crippen LogP contribution in [0.1, 0.15) is 66.7 Å². The molecule has 0 bridgehead atoms. The number of fused-ring (bicyclic) bond motifs is 3. The Bertz CT molecular complexity index is 1330. The van der Waals surface area contributed by atoms with Crippen LogP contribution < -0.4 is 15.8 Å². The summed E-state index contributed by atoms with van der Waals surface area (Å²) in [5.74, 6) is 0.551. The molecular weight excluding hydrogens is 440 g/mol. The van der Waals surface area contributed by atoms with Crippen molar-refractivity contribution in [3.05, 3.63) is 71.4 Å². The number of benzene rings is 2. The SMILES string of the molecule is CCCCC(N)c1ccc2c(n1)[nH]c1ccc(C(=O)CCC(=O)NCc3ccc(OC)cc3)cc12. The summed E-state index contributed by atoms with van der Waals surface area (Å²) < 4.78 is 5.14. The number of unbranched alkanes of at least 4 members (excludes halogenated alkanes) is 1. The highest BCUT2D eigenvalue weighted by Crippen LogP contribution is 2.27. The minimum absolute atomic E-state index is 0.0629. The van der Waals surface area contributed by atoms with Gasteiger partial charge in [-0.1, -0.05) is 31.9 Å². The maximum atomic E-state index is 12.8. The lowest BCUT2D eigenvalue weighted by atomic mass is 10.0. The molecule has 35 heavy (non-hydrogen) atoms. The Morgan fingerprint density at radius 2 is 1.86 bits per heavy atom. The second kappa shape index (κ2) is 11.1. The Balaban J connectivity index is 1.38. The molecule has 0 saturated heterocycles. The van der Waals surface area contributed by atoms with E-state index in [0.29, 0.717) is 12.1 Å². The van der Waals surface area contributed by atoms with Crippen LogP contribution >= 0.6 is 0 Å². The van der Waals surface area contributed by atoms with E-state index in [9.17, 15) is 9.59 Å². The average molecular weight is 473 g/mol. The Morgan fingerprint density at radius 3 is 2.60 bits per heavy atom. The van der Waals surface area contributed by atoms with Crippen LogP contribution in [0.25, 0.3) is 21.9 Å². The van der Waals surface area contributed by atoms with E-state index >= 15 is 0 Å². The van der Waals surface area contributed by atoms with Crippen LogP contribution in [0.2, 0.25) is 0 Å². The number of nitrogens with one attached hydrogen (secondary N) is 2. The van der Waals surface area contributed by atoms with Crippen molar-refractivity contribution in [1.82, 2.24) is 15.3 Å². The second-order valence-electron chi connectivity index (χ2n) is 8.81. The van der Waals surface area contributed by atoms with Gasteiger partial charge >= 0.3 is 0 Å². The number of carbonyl (C=O) groups excluding carboxylic acids is 2. The van der Waals surface area contributed by atoms with Gasteiger partial charge in [0.25, 0.3) is 0 Å². The first-order valence-corrected chi connectivity index (χ1v) is 12.1. The Labute approximate surface area is 205 Å². The molecule has 7 nitrogen and oxygen atoms in total. The first-order chi connectivity index (χ1) is 17.0. The van der Waals surface area contributed by atoms with Crippen LogP contribution in [0, 0.1) is 0 Å². The quantitative estimate of drug-likeness (QED) is 0.260. The Kier molecular flexibility index (Phi) is 7.77. The van der Waals surface area contributed by atoms with Gasteiger partial charge in [-0.05, 0) is 54.4 Å². The molecule has 4 rings (SSSR count). The zero-order chi connectivity index (χ0) is 24.8. The molecule has 0 spiro atoms. The molecule has 0 fully saturated rings. The molecule has 2 aromatic heterocycles. The molecule has 2 aromatic carbocycles. The first kappa shape index (κ1) is 24.4. The lowest BCUT2D eigenvalue weighted by Crippen LogP contribution is -2.23. The molecule has 1 unspecified atom stereocenters. The number of hydrogen-bond acceptors (Lipinski definition) is 5. The summed E-state index contributed by atoms with van der Waals surface area (Å²) in [6.45, 7) is 2.56. The highest BCUT2D eigenvalue weighted by atomic mass is 16.5. The second-order valence-corrected chi connectivity index (χ2v) is 8.81. The van der Waals surface area contributed by atoms with E-state index in [1.165, 1.54) is 0 Å². The predicted octanol–water partition coefficient (Wildman–Crippen LogP) is 5.19. The number of Topliss-reactive ketones (excluding diaryl/α,β-unsaturated/α-hetero) is 1. The monoisotopic (exact) mass is 472 g/mol. The van der Waals surface area contributed by atoms with Gasteiger partial charge in [-0.25, -0.2) is 4.98 Å². The number of methoxy groups -OCH3 is 1. The summed E-state index contributed by atoms with van der Waals surface area (Å²) in [7, 11) is 1.61. The molecule has 1 amide bonds. The summed E-state index contributed by atoms with van der Waals surface area (Å²) in [5.41, 5.74) is 10.4. The number of nitrogens with two attached hydrogens (primary N) is 1. The molecule has 0 aliphatic carbocycles. The number of aromatic amines is 1. The van der Waals surface area contributed by atoms with Crippen LogP contribution in [0.3, 0.4) is 0 Å². The van der Waals surface area contributed by atoms with Crippen molar-refractivity contribution in [3.8, 4) is 5.75 Å². The van der Waals surface area contributed by atoms with Crippen molar-refractivity contribution in [2.24, 2.45) is 5.73 Å². The number of rotatable bonds is 11. The first-order valence-electron chi connectivity index (χ1n) is 12.1. The minimum Gasteiger partial charge on any atom is -0.497 e. The van der Waals surface area contributed by atoms with Gasteiger partial charge in [0.2, 0.25) is 5.91 Å². The van der Waals surface area contributed by atoms with Crippen LogP contribution in [0.5, 0.6) is 5.75 Å². The molecule has 0 saturated carbocycles. The molecule has 0 radical (unpaired) electrons. The van der Waals surface area contributed by atoms with Gasteiger partial charge in [0.1, 0.15) is 11.4 Å². The van der Waals surface area contributed by atoms with Gasteiger partial charge < -0.3 is 20.8 Å². The van der Waals surface area contributed by atoms with Crippen LogP contribution in [-0.2, 0) is 11.3 Å². The fourth-order valence-corrected chi connectivity index (χ4v) is 4.15. The fraction of sp³-hybridized carbons (Fsp3) is 0.321. The zero-order valence-electron chi connectivity index (χ0n) is 20.3. The number of hydrogen-bond donors (Lipinski definition) is 3. The van der Waals surface area contributed by atoms with Crippen molar-refractivity contribution in [3.63, 3.8) is 0 Å². The van der Waals surface area contributed by atoms with Crippen LogP contribution in [-0.4, -0.2) is 28.8 Å². The number of amides is 1. The van der Waals surface area contributed by atoms with E-state index < -0.39 is 0 Å². The number of ether oxygens (including phenoxy) is 1. The topological polar surface area (TPSA) is 110 Å². The minimum atomic E-state index is -0.154. The highest BCUT2D eigenvalue weighted by molar-refractivity contribution is 6.09. The predicted molar refractivity (Wildman–Crippen MR) is 138 cm³/mol. The van der Waals surface area contributed by atoms with Gasteiger partial charge in [0.05, 0.1) is 12.8 Å².